The van der Waals surface area contributed by atoms with Gasteiger partial charge in [0.1, 0.15) is 0 Å². The van der Waals surface area contributed by atoms with Crippen LogP contribution in [0.25, 0.3) is 5.69 Å². The highest BCUT2D eigenvalue weighted by atomic mass is 15.1. The minimum atomic E-state index is 0.592. The van der Waals surface area contributed by atoms with Gasteiger partial charge in [0, 0.05) is 35.7 Å². The zero-order chi connectivity index (χ0) is 13.2. The van der Waals surface area contributed by atoms with E-state index < -0.39 is 0 Å². The quantitative estimate of drug-likeness (QED) is 0.902. The maximum Gasteiger partial charge on any atom is 0.0994 e. The molecule has 1 aliphatic rings. The Hall–Kier alpha value is -1.77. The second-order valence-corrected chi connectivity index (χ2v) is 5.22. The van der Waals surface area contributed by atoms with Crippen LogP contribution in [0.3, 0.4) is 0 Å². The summed E-state index contributed by atoms with van der Waals surface area (Å²) < 4.78 is 2.25. The molecule has 0 unspecified atom stereocenters. The van der Waals surface area contributed by atoms with Crippen LogP contribution in [0.1, 0.15) is 43.9 Å². The molecule has 0 saturated heterocycles. The summed E-state index contributed by atoms with van der Waals surface area (Å²) in [5.74, 6) is 0.592. The molecule has 0 saturated carbocycles. The van der Waals surface area contributed by atoms with Crippen molar-refractivity contribution in [3.63, 3.8) is 0 Å². The van der Waals surface area contributed by atoms with Gasteiger partial charge in [0.15, 0.2) is 0 Å². The lowest BCUT2D eigenvalue weighted by molar-refractivity contribution is 0.611. The van der Waals surface area contributed by atoms with Crippen molar-refractivity contribution in [3.8, 4) is 5.69 Å². The van der Waals surface area contributed by atoms with Gasteiger partial charge in [-0.2, -0.15) is 0 Å². The van der Waals surface area contributed by atoms with Gasteiger partial charge in [-0.15, -0.1) is 0 Å². The van der Waals surface area contributed by atoms with E-state index in [-0.39, 0.29) is 0 Å². The molecule has 1 aliphatic heterocycles. The molecule has 0 aliphatic carbocycles. The van der Waals surface area contributed by atoms with Gasteiger partial charge < -0.3 is 9.88 Å². The fraction of sp³-hybridized carbons (Fsp3) is 0.438. The molecule has 100 valence electrons. The molecular weight excluding hydrogens is 234 g/mol. The second-order valence-electron chi connectivity index (χ2n) is 5.22. The molecule has 1 aromatic carbocycles. The van der Waals surface area contributed by atoms with Crippen molar-refractivity contribution in [2.24, 2.45) is 0 Å². The van der Waals surface area contributed by atoms with Crippen LogP contribution >= 0.6 is 0 Å². The van der Waals surface area contributed by atoms with Gasteiger partial charge in [0.2, 0.25) is 0 Å². The van der Waals surface area contributed by atoms with Gasteiger partial charge >= 0.3 is 0 Å². The third-order valence-corrected chi connectivity index (χ3v) is 4.15. The van der Waals surface area contributed by atoms with Crippen LogP contribution in [0, 0.1) is 0 Å². The normalized spacial score (nSPS) is 13.6. The molecule has 0 fully saturated rings. The first kappa shape index (κ1) is 12.3. The van der Waals surface area contributed by atoms with Crippen LogP contribution < -0.4 is 5.32 Å². The van der Waals surface area contributed by atoms with Crippen LogP contribution in [0.4, 0.5) is 5.69 Å². The molecule has 1 aromatic heterocycles. The molecule has 0 atom stereocenters. The van der Waals surface area contributed by atoms with Gasteiger partial charge in [0.05, 0.1) is 6.33 Å². The number of imidazole rings is 1. The maximum absolute atomic E-state index is 4.36. The van der Waals surface area contributed by atoms with Crippen molar-refractivity contribution in [1.29, 1.82) is 0 Å². The zero-order valence-electron chi connectivity index (χ0n) is 11.7. The lowest BCUT2D eigenvalue weighted by Gasteiger charge is -2.16. The fourth-order valence-electron chi connectivity index (χ4n) is 2.97. The standard InChI is InChI=1S/C16H21N3/c1-3-12(4-2)16-10-17-11-19(16)14-5-6-15-13(9-14)7-8-18-15/h5-6,9-12,18H,3-4,7-8H2,1-2H3. The molecule has 3 heteroatoms. The summed E-state index contributed by atoms with van der Waals surface area (Å²) in [6, 6.07) is 6.67. The van der Waals surface area contributed by atoms with Crippen LogP contribution in [0.5, 0.6) is 0 Å². The molecule has 2 heterocycles. The lowest BCUT2D eigenvalue weighted by Crippen LogP contribution is -2.04. The van der Waals surface area contributed by atoms with E-state index in [2.05, 4.69) is 46.9 Å². The SMILES string of the molecule is CCC(CC)c1cncn1-c1ccc2c(c1)CCN2. The predicted molar refractivity (Wildman–Crippen MR) is 79.1 cm³/mol. The van der Waals surface area contributed by atoms with E-state index >= 15 is 0 Å². The molecular formula is C16H21N3. The molecule has 0 radical (unpaired) electrons. The van der Waals surface area contributed by atoms with Gasteiger partial charge in [-0.25, -0.2) is 4.98 Å². The van der Waals surface area contributed by atoms with Gasteiger partial charge in [-0.1, -0.05) is 13.8 Å². The molecule has 0 spiro atoms. The van der Waals surface area contributed by atoms with Crippen molar-refractivity contribution in [3.05, 3.63) is 42.0 Å². The van der Waals surface area contributed by atoms with Crippen molar-refractivity contribution < 1.29 is 0 Å². The van der Waals surface area contributed by atoms with E-state index in [0.717, 1.165) is 25.8 Å². The molecule has 19 heavy (non-hydrogen) atoms. The Morgan fingerprint density at radius 2 is 2.16 bits per heavy atom. The average molecular weight is 255 g/mol. The highest BCUT2D eigenvalue weighted by Gasteiger charge is 2.15. The first-order chi connectivity index (χ1) is 9.33. The molecule has 2 aromatic rings. The lowest BCUT2D eigenvalue weighted by atomic mass is 9.99. The molecule has 3 nitrogen and oxygen atoms in total. The minimum Gasteiger partial charge on any atom is -0.384 e. The van der Waals surface area contributed by atoms with Crippen molar-refractivity contribution in [2.45, 2.75) is 39.0 Å². The summed E-state index contributed by atoms with van der Waals surface area (Å²) in [6.45, 7) is 5.55. The number of hydrogen-bond acceptors (Lipinski definition) is 2. The number of nitrogens with one attached hydrogen (secondary N) is 1. The first-order valence-corrected chi connectivity index (χ1v) is 7.23. The van der Waals surface area contributed by atoms with Gasteiger partial charge in [0.25, 0.3) is 0 Å². The number of rotatable bonds is 4. The number of fused-ring (bicyclic) bond motifs is 1. The fourth-order valence-corrected chi connectivity index (χ4v) is 2.97. The summed E-state index contributed by atoms with van der Waals surface area (Å²) in [5, 5.41) is 3.41. The van der Waals surface area contributed by atoms with Crippen molar-refractivity contribution in [1.82, 2.24) is 9.55 Å². The Kier molecular flexibility index (Phi) is 3.28. The molecule has 3 rings (SSSR count). The smallest absolute Gasteiger partial charge is 0.0994 e. The first-order valence-electron chi connectivity index (χ1n) is 7.23. The van der Waals surface area contributed by atoms with Crippen LogP contribution in [-0.4, -0.2) is 16.1 Å². The minimum absolute atomic E-state index is 0.592. The van der Waals surface area contributed by atoms with Crippen LogP contribution in [0.15, 0.2) is 30.7 Å². The Balaban J connectivity index is 2.01. The molecule has 1 N–H and O–H groups in total. The summed E-state index contributed by atoms with van der Waals surface area (Å²) in [4.78, 5) is 4.36. The van der Waals surface area contributed by atoms with Crippen LogP contribution in [0.2, 0.25) is 0 Å². The van der Waals surface area contributed by atoms with Gasteiger partial charge in [-0.3, -0.25) is 0 Å². The van der Waals surface area contributed by atoms with E-state index in [1.165, 1.54) is 22.6 Å². The highest BCUT2D eigenvalue weighted by molar-refractivity contribution is 5.59. The maximum atomic E-state index is 4.36. The molecule has 0 amide bonds. The topological polar surface area (TPSA) is 29.9 Å². The number of anilines is 1. The highest BCUT2D eigenvalue weighted by Crippen LogP contribution is 2.28. The third kappa shape index (κ3) is 2.14. The summed E-state index contributed by atoms with van der Waals surface area (Å²) in [5.41, 5.74) is 5.27. The van der Waals surface area contributed by atoms with Crippen molar-refractivity contribution in [2.75, 3.05) is 11.9 Å². The summed E-state index contributed by atoms with van der Waals surface area (Å²) in [7, 11) is 0. The Morgan fingerprint density at radius 3 is 2.95 bits per heavy atom. The van der Waals surface area contributed by atoms with E-state index in [1.807, 2.05) is 12.5 Å². The average Bonchev–Trinajstić information content (AvgIpc) is 3.07. The van der Waals surface area contributed by atoms with E-state index in [1.54, 1.807) is 0 Å². The number of aromatic nitrogens is 2. The van der Waals surface area contributed by atoms with E-state index in [9.17, 15) is 0 Å². The monoisotopic (exact) mass is 255 g/mol. The van der Waals surface area contributed by atoms with E-state index in [4.69, 9.17) is 0 Å². The number of benzene rings is 1. The summed E-state index contributed by atoms with van der Waals surface area (Å²) >= 11 is 0. The van der Waals surface area contributed by atoms with E-state index in [0.29, 0.717) is 5.92 Å². The third-order valence-electron chi connectivity index (χ3n) is 4.15. The van der Waals surface area contributed by atoms with Gasteiger partial charge in [-0.05, 0) is 43.0 Å². The number of hydrogen-bond donors (Lipinski definition) is 1. The van der Waals surface area contributed by atoms with Crippen molar-refractivity contribution >= 4 is 5.69 Å². The zero-order valence-corrected chi connectivity index (χ0v) is 11.7. The Labute approximate surface area is 114 Å². The largest absolute Gasteiger partial charge is 0.384 e. The Morgan fingerprint density at radius 1 is 1.32 bits per heavy atom. The second kappa shape index (κ2) is 5.08. The summed E-state index contributed by atoms with van der Waals surface area (Å²) in [6.07, 6.45) is 7.41. The number of nitrogens with zero attached hydrogens (tertiary/aromatic N) is 2. The van der Waals surface area contributed by atoms with Crippen LogP contribution in [-0.2, 0) is 6.42 Å². The Bertz CT molecular complexity index is 567. The predicted octanol–water partition coefficient (Wildman–Crippen LogP) is 3.74. The molecule has 0 bridgehead atoms.